The minimum atomic E-state index is -0.865. The zero-order chi connectivity index (χ0) is 14.9. The smallest absolute Gasteiger partial charge is 0.308 e. The molecule has 1 amide bonds. The van der Waals surface area contributed by atoms with Gasteiger partial charge < -0.3 is 14.6 Å². The van der Waals surface area contributed by atoms with E-state index in [1.165, 1.54) is 0 Å². The maximum Gasteiger partial charge on any atom is 0.308 e. The summed E-state index contributed by atoms with van der Waals surface area (Å²) in [6.07, 6.45) is 3.80. The Morgan fingerprint density at radius 1 is 1.55 bits per heavy atom. The third-order valence-electron chi connectivity index (χ3n) is 3.56. The van der Waals surface area contributed by atoms with Gasteiger partial charge in [0.05, 0.1) is 5.92 Å². The number of carboxylic acid groups (broad SMARTS) is 1. The molecule has 1 unspecified atom stereocenters. The minimum Gasteiger partial charge on any atom is -0.481 e. The van der Waals surface area contributed by atoms with Gasteiger partial charge in [-0.15, -0.1) is 0 Å². The topological polar surface area (TPSA) is 62.5 Å². The van der Waals surface area contributed by atoms with E-state index in [0.717, 1.165) is 17.3 Å². The number of amides is 1. The molecule has 0 spiro atoms. The molecule has 1 N–H and O–H groups in total. The summed E-state index contributed by atoms with van der Waals surface area (Å²) in [5.41, 5.74) is 0.615. The van der Waals surface area contributed by atoms with Gasteiger partial charge in [-0.25, -0.2) is 0 Å². The molecule has 110 valence electrons. The van der Waals surface area contributed by atoms with Crippen molar-refractivity contribution in [3.05, 3.63) is 22.4 Å². The lowest BCUT2D eigenvalue weighted by atomic mass is 10.1. The van der Waals surface area contributed by atoms with E-state index in [1.807, 2.05) is 17.7 Å². The Hall–Kier alpha value is -1.30. The highest BCUT2D eigenvalue weighted by molar-refractivity contribution is 9.10. The molecule has 1 saturated carbocycles. The van der Waals surface area contributed by atoms with Crippen LogP contribution in [0.2, 0.25) is 0 Å². The van der Waals surface area contributed by atoms with Gasteiger partial charge in [0.25, 0.3) is 5.91 Å². The number of rotatable bonds is 6. The van der Waals surface area contributed by atoms with E-state index in [4.69, 9.17) is 5.11 Å². The van der Waals surface area contributed by atoms with Crippen molar-refractivity contribution in [2.75, 3.05) is 6.54 Å². The highest BCUT2D eigenvalue weighted by atomic mass is 79.9. The second-order valence-electron chi connectivity index (χ2n) is 5.26. The van der Waals surface area contributed by atoms with Crippen molar-refractivity contribution in [1.29, 1.82) is 0 Å². The number of hydrogen-bond acceptors (Lipinski definition) is 2. The van der Waals surface area contributed by atoms with Crippen molar-refractivity contribution in [3.63, 3.8) is 0 Å². The van der Waals surface area contributed by atoms with E-state index >= 15 is 0 Å². The molecule has 20 heavy (non-hydrogen) atoms. The maximum absolute atomic E-state index is 12.7. The molecule has 6 heteroatoms. The first-order valence-corrected chi connectivity index (χ1v) is 7.62. The van der Waals surface area contributed by atoms with Crippen molar-refractivity contribution in [2.45, 2.75) is 39.3 Å². The summed E-state index contributed by atoms with van der Waals surface area (Å²) >= 11 is 3.38. The predicted octanol–water partition coefficient (Wildman–Crippen LogP) is 2.60. The zero-order valence-electron chi connectivity index (χ0n) is 11.7. The number of carbonyl (C=O) groups is 2. The maximum atomic E-state index is 12.7. The second-order valence-corrected chi connectivity index (χ2v) is 6.17. The van der Waals surface area contributed by atoms with Gasteiger partial charge in [0.1, 0.15) is 5.69 Å². The molecule has 0 bridgehead atoms. The lowest BCUT2D eigenvalue weighted by molar-refractivity contribution is -0.141. The van der Waals surface area contributed by atoms with Gasteiger partial charge >= 0.3 is 5.97 Å². The predicted molar refractivity (Wildman–Crippen MR) is 78.7 cm³/mol. The van der Waals surface area contributed by atoms with Gasteiger partial charge in [-0.2, -0.15) is 0 Å². The molecular weight excluding hydrogens is 324 g/mol. The van der Waals surface area contributed by atoms with Crippen LogP contribution in [0.4, 0.5) is 0 Å². The first-order valence-electron chi connectivity index (χ1n) is 6.83. The van der Waals surface area contributed by atoms with Crippen molar-refractivity contribution < 1.29 is 14.7 Å². The Morgan fingerprint density at radius 2 is 2.20 bits per heavy atom. The number of carbonyl (C=O) groups excluding carboxylic acids is 1. The van der Waals surface area contributed by atoms with E-state index in [2.05, 4.69) is 15.9 Å². The third-order valence-corrected chi connectivity index (χ3v) is 4.00. The van der Waals surface area contributed by atoms with E-state index < -0.39 is 11.9 Å². The van der Waals surface area contributed by atoms with Gasteiger partial charge in [0.2, 0.25) is 0 Å². The van der Waals surface area contributed by atoms with E-state index in [9.17, 15) is 9.59 Å². The quantitative estimate of drug-likeness (QED) is 0.864. The second kappa shape index (κ2) is 5.99. The van der Waals surface area contributed by atoms with E-state index in [0.29, 0.717) is 12.2 Å². The number of aryl methyl sites for hydroxylation is 1. The Labute approximate surface area is 126 Å². The molecule has 1 atom stereocenters. The van der Waals surface area contributed by atoms with Gasteiger partial charge in [-0.05, 0) is 41.8 Å². The molecule has 0 radical (unpaired) electrons. The molecule has 1 aromatic heterocycles. The highest BCUT2D eigenvalue weighted by Gasteiger charge is 2.35. The molecule has 1 aliphatic rings. The number of hydrogen-bond donors (Lipinski definition) is 1. The molecule has 1 aliphatic carbocycles. The van der Waals surface area contributed by atoms with E-state index in [-0.39, 0.29) is 18.5 Å². The van der Waals surface area contributed by atoms with Crippen LogP contribution in [0.1, 0.15) is 37.2 Å². The molecule has 0 aliphatic heterocycles. The molecule has 1 aromatic rings. The van der Waals surface area contributed by atoms with Gasteiger partial charge in [-0.3, -0.25) is 9.59 Å². The van der Waals surface area contributed by atoms with Crippen molar-refractivity contribution in [1.82, 2.24) is 9.47 Å². The van der Waals surface area contributed by atoms with Crippen molar-refractivity contribution >= 4 is 27.8 Å². The molecular formula is C14H19BrN2O3. The molecule has 1 fully saturated rings. The number of carboxylic acids is 1. The van der Waals surface area contributed by atoms with Crippen LogP contribution in [0, 0.1) is 5.92 Å². The van der Waals surface area contributed by atoms with Crippen LogP contribution in [0.3, 0.4) is 0 Å². The van der Waals surface area contributed by atoms with Crippen LogP contribution in [-0.4, -0.2) is 39.0 Å². The summed E-state index contributed by atoms with van der Waals surface area (Å²) in [5.74, 6) is -1.49. The average molecular weight is 343 g/mol. The zero-order valence-corrected chi connectivity index (χ0v) is 13.3. The normalized spacial score (nSPS) is 15.9. The summed E-state index contributed by atoms with van der Waals surface area (Å²) in [6.45, 7) is 4.59. The summed E-state index contributed by atoms with van der Waals surface area (Å²) in [7, 11) is 0. The Morgan fingerprint density at radius 3 is 2.70 bits per heavy atom. The Bertz CT molecular complexity index is 522. The summed E-state index contributed by atoms with van der Waals surface area (Å²) in [6, 6.07) is 2.00. The monoisotopic (exact) mass is 342 g/mol. The largest absolute Gasteiger partial charge is 0.481 e. The first kappa shape index (κ1) is 15.1. The molecule has 1 heterocycles. The summed E-state index contributed by atoms with van der Waals surface area (Å²) in [5, 5.41) is 9.04. The first-order chi connectivity index (χ1) is 9.43. The number of halogens is 1. The van der Waals surface area contributed by atoms with Crippen LogP contribution in [0.5, 0.6) is 0 Å². The van der Waals surface area contributed by atoms with Crippen LogP contribution < -0.4 is 0 Å². The molecule has 0 aromatic carbocycles. The minimum absolute atomic E-state index is 0.0758. The number of aliphatic carboxylic acids is 1. The lowest BCUT2D eigenvalue weighted by Gasteiger charge is -2.24. The van der Waals surface area contributed by atoms with Crippen LogP contribution in [0.25, 0.3) is 0 Å². The highest BCUT2D eigenvalue weighted by Crippen LogP contribution is 2.30. The Kier molecular flexibility index (Phi) is 4.52. The van der Waals surface area contributed by atoms with Crippen LogP contribution in [0.15, 0.2) is 16.7 Å². The van der Waals surface area contributed by atoms with Crippen molar-refractivity contribution in [2.24, 2.45) is 5.92 Å². The summed E-state index contributed by atoms with van der Waals surface area (Å²) in [4.78, 5) is 25.4. The summed E-state index contributed by atoms with van der Waals surface area (Å²) < 4.78 is 2.75. The average Bonchev–Trinajstić information content (AvgIpc) is 3.17. The lowest BCUT2D eigenvalue weighted by Crippen LogP contribution is -2.39. The number of aromatic nitrogens is 1. The standard InChI is InChI=1S/C14H19BrN2O3/c1-3-16-8-10(15)6-12(16)13(18)17(11-4-5-11)7-9(2)14(19)20/h6,8-9,11H,3-5,7H2,1-2H3,(H,19,20). The molecule has 2 rings (SSSR count). The van der Waals surface area contributed by atoms with Gasteiger partial charge in [0.15, 0.2) is 0 Å². The van der Waals surface area contributed by atoms with E-state index in [1.54, 1.807) is 17.9 Å². The molecule has 0 saturated heterocycles. The van der Waals surface area contributed by atoms with Crippen LogP contribution in [-0.2, 0) is 11.3 Å². The molecule has 5 nitrogen and oxygen atoms in total. The van der Waals surface area contributed by atoms with Crippen molar-refractivity contribution in [3.8, 4) is 0 Å². The fourth-order valence-corrected chi connectivity index (χ4v) is 2.68. The SMILES string of the molecule is CCn1cc(Br)cc1C(=O)N(CC(C)C(=O)O)C1CC1. The Balaban J connectivity index is 2.20. The van der Waals surface area contributed by atoms with Gasteiger partial charge in [0, 0.05) is 29.8 Å². The fourth-order valence-electron chi connectivity index (χ4n) is 2.22. The number of nitrogens with zero attached hydrogens (tertiary/aromatic N) is 2. The van der Waals surface area contributed by atoms with Gasteiger partial charge in [-0.1, -0.05) is 6.92 Å². The fraction of sp³-hybridized carbons (Fsp3) is 0.571. The van der Waals surface area contributed by atoms with Crippen LogP contribution >= 0.6 is 15.9 Å². The third kappa shape index (κ3) is 3.23.